The van der Waals surface area contributed by atoms with Gasteiger partial charge < -0.3 is 20.1 Å². The standard InChI is InChI=1S/C22H27FN2O4/c1-5-28-19-13-18(25-22(27)15-9-7-8-10-16(15)23)20(29-6-2)12-17(19)24-21(26)11-14(3)4/h7-10,12-14H,5-6,11H2,1-4H3,(H,24,26)(H,25,27). The molecule has 0 heterocycles. The largest absolute Gasteiger partial charge is 0.492 e. The van der Waals surface area contributed by atoms with E-state index in [1.54, 1.807) is 25.1 Å². The van der Waals surface area contributed by atoms with Crippen molar-refractivity contribution in [3.05, 3.63) is 47.8 Å². The summed E-state index contributed by atoms with van der Waals surface area (Å²) in [5.74, 6) is -0.436. The Morgan fingerprint density at radius 2 is 1.52 bits per heavy atom. The van der Waals surface area contributed by atoms with Crippen LogP contribution in [0.15, 0.2) is 36.4 Å². The Kier molecular flexibility index (Phi) is 8.00. The number of benzene rings is 2. The van der Waals surface area contributed by atoms with Crippen LogP contribution in [0.5, 0.6) is 11.5 Å². The molecular weight excluding hydrogens is 375 g/mol. The number of rotatable bonds is 9. The summed E-state index contributed by atoms with van der Waals surface area (Å²) in [6.07, 6.45) is 0.362. The van der Waals surface area contributed by atoms with Crippen molar-refractivity contribution in [2.24, 2.45) is 5.92 Å². The fraction of sp³-hybridized carbons (Fsp3) is 0.364. The highest BCUT2D eigenvalue weighted by Gasteiger charge is 2.18. The molecule has 2 aromatic carbocycles. The summed E-state index contributed by atoms with van der Waals surface area (Å²) < 4.78 is 25.2. The highest BCUT2D eigenvalue weighted by molar-refractivity contribution is 6.05. The molecule has 2 aromatic rings. The van der Waals surface area contributed by atoms with Crippen molar-refractivity contribution in [3.63, 3.8) is 0 Å². The Bertz CT molecular complexity index is 868. The molecule has 0 aliphatic carbocycles. The van der Waals surface area contributed by atoms with E-state index in [1.165, 1.54) is 18.2 Å². The van der Waals surface area contributed by atoms with Crippen molar-refractivity contribution in [3.8, 4) is 11.5 Å². The van der Waals surface area contributed by atoms with Crippen molar-refractivity contribution < 1.29 is 23.5 Å². The number of hydrogen-bond donors (Lipinski definition) is 2. The molecule has 0 fully saturated rings. The van der Waals surface area contributed by atoms with Crippen LogP contribution >= 0.6 is 0 Å². The topological polar surface area (TPSA) is 76.7 Å². The Labute approximate surface area is 170 Å². The first-order valence-corrected chi connectivity index (χ1v) is 9.65. The van der Waals surface area contributed by atoms with Gasteiger partial charge in [-0.25, -0.2) is 4.39 Å². The van der Waals surface area contributed by atoms with Gasteiger partial charge in [-0.05, 0) is 31.9 Å². The van der Waals surface area contributed by atoms with Gasteiger partial charge in [0.05, 0.1) is 30.2 Å². The van der Waals surface area contributed by atoms with Crippen LogP contribution in [0.1, 0.15) is 44.5 Å². The zero-order chi connectivity index (χ0) is 21.4. The molecule has 156 valence electrons. The molecule has 7 heteroatoms. The zero-order valence-electron chi connectivity index (χ0n) is 17.2. The van der Waals surface area contributed by atoms with Crippen molar-refractivity contribution in [2.45, 2.75) is 34.1 Å². The third kappa shape index (κ3) is 6.20. The lowest BCUT2D eigenvalue weighted by molar-refractivity contribution is -0.116. The molecule has 2 rings (SSSR count). The normalized spacial score (nSPS) is 10.6. The first-order chi connectivity index (χ1) is 13.8. The van der Waals surface area contributed by atoms with E-state index in [4.69, 9.17) is 9.47 Å². The van der Waals surface area contributed by atoms with E-state index < -0.39 is 11.7 Å². The van der Waals surface area contributed by atoms with Crippen molar-refractivity contribution >= 4 is 23.2 Å². The van der Waals surface area contributed by atoms with E-state index in [0.717, 1.165) is 0 Å². The molecule has 0 atom stereocenters. The lowest BCUT2D eigenvalue weighted by Gasteiger charge is -2.18. The molecule has 29 heavy (non-hydrogen) atoms. The average Bonchev–Trinajstić information content (AvgIpc) is 2.65. The van der Waals surface area contributed by atoms with Gasteiger partial charge in [0.25, 0.3) is 5.91 Å². The Balaban J connectivity index is 2.38. The molecule has 0 spiro atoms. The number of carbonyl (C=O) groups is 2. The number of amides is 2. The van der Waals surface area contributed by atoms with Crippen LogP contribution in [-0.4, -0.2) is 25.0 Å². The lowest BCUT2D eigenvalue weighted by atomic mass is 10.1. The van der Waals surface area contributed by atoms with Gasteiger partial charge in [0.2, 0.25) is 5.91 Å². The molecule has 0 aliphatic heterocycles. The summed E-state index contributed by atoms with van der Waals surface area (Å²) in [5, 5.41) is 5.50. The predicted molar refractivity (Wildman–Crippen MR) is 111 cm³/mol. The lowest BCUT2D eigenvalue weighted by Crippen LogP contribution is -2.17. The summed E-state index contributed by atoms with van der Waals surface area (Å²) in [5.41, 5.74) is 0.692. The first-order valence-electron chi connectivity index (χ1n) is 9.65. The van der Waals surface area contributed by atoms with E-state index in [1.807, 2.05) is 20.8 Å². The third-order valence-electron chi connectivity index (χ3n) is 3.92. The van der Waals surface area contributed by atoms with Crippen molar-refractivity contribution in [1.29, 1.82) is 0 Å². The maximum absolute atomic E-state index is 13.9. The van der Waals surface area contributed by atoms with Gasteiger partial charge in [-0.2, -0.15) is 0 Å². The van der Waals surface area contributed by atoms with Gasteiger partial charge in [0, 0.05) is 18.6 Å². The van der Waals surface area contributed by atoms with Crippen LogP contribution in [0.25, 0.3) is 0 Å². The van der Waals surface area contributed by atoms with Crippen LogP contribution in [-0.2, 0) is 4.79 Å². The van der Waals surface area contributed by atoms with Crippen LogP contribution in [0.3, 0.4) is 0 Å². The number of carbonyl (C=O) groups excluding carboxylic acids is 2. The number of halogens is 1. The summed E-state index contributed by atoms with van der Waals surface area (Å²) in [7, 11) is 0. The molecule has 0 aliphatic rings. The number of ether oxygens (including phenoxy) is 2. The van der Waals surface area contributed by atoms with E-state index in [0.29, 0.717) is 42.5 Å². The number of hydrogen-bond acceptors (Lipinski definition) is 4. The van der Waals surface area contributed by atoms with Gasteiger partial charge in [-0.15, -0.1) is 0 Å². The van der Waals surface area contributed by atoms with E-state index in [2.05, 4.69) is 10.6 Å². The summed E-state index contributed by atoms with van der Waals surface area (Å²) in [4.78, 5) is 24.7. The van der Waals surface area contributed by atoms with Crippen LogP contribution in [0, 0.1) is 11.7 Å². The van der Waals surface area contributed by atoms with E-state index in [-0.39, 0.29) is 17.4 Å². The average molecular weight is 402 g/mol. The van der Waals surface area contributed by atoms with Gasteiger partial charge in [0.15, 0.2) is 0 Å². The molecule has 2 N–H and O–H groups in total. The monoisotopic (exact) mass is 402 g/mol. The Hall–Kier alpha value is -3.09. The fourth-order valence-corrected chi connectivity index (χ4v) is 2.71. The number of anilines is 2. The fourth-order valence-electron chi connectivity index (χ4n) is 2.71. The van der Waals surface area contributed by atoms with Gasteiger partial charge in [0.1, 0.15) is 17.3 Å². The Morgan fingerprint density at radius 1 is 0.966 bits per heavy atom. The maximum Gasteiger partial charge on any atom is 0.258 e. The molecule has 0 bridgehead atoms. The van der Waals surface area contributed by atoms with Gasteiger partial charge in [-0.3, -0.25) is 9.59 Å². The second-order valence-electron chi connectivity index (χ2n) is 6.79. The molecule has 0 unspecified atom stereocenters. The summed E-state index contributed by atoms with van der Waals surface area (Å²) >= 11 is 0. The molecular formula is C22H27FN2O4. The molecule has 0 aromatic heterocycles. The zero-order valence-corrected chi connectivity index (χ0v) is 17.2. The second-order valence-corrected chi connectivity index (χ2v) is 6.79. The predicted octanol–water partition coefficient (Wildman–Crippen LogP) is 4.86. The quantitative estimate of drug-likeness (QED) is 0.628. The highest BCUT2D eigenvalue weighted by Crippen LogP contribution is 2.37. The first kappa shape index (κ1) is 22.2. The molecule has 2 amide bonds. The molecule has 0 saturated carbocycles. The van der Waals surface area contributed by atoms with E-state index in [9.17, 15) is 14.0 Å². The van der Waals surface area contributed by atoms with E-state index >= 15 is 0 Å². The minimum atomic E-state index is -0.620. The maximum atomic E-state index is 13.9. The van der Waals surface area contributed by atoms with Gasteiger partial charge >= 0.3 is 0 Å². The minimum absolute atomic E-state index is 0.0813. The summed E-state index contributed by atoms with van der Waals surface area (Å²) in [6, 6.07) is 8.88. The minimum Gasteiger partial charge on any atom is -0.492 e. The van der Waals surface area contributed by atoms with Crippen LogP contribution in [0.2, 0.25) is 0 Å². The summed E-state index contributed by atoms with van der Waals surface area (Å²) in [6.45, 7) is 8.23. The van der Waals surface area contributed by atoms with Crippen molar-refractivity contribution in [1.82, 2.24) is 0 Å². The Morgan fingerprint density at radius 3 is 2.03 bits per heavy atom. The van der Waals surface area contributed by atoms with Crippen LogP contribution < -0.4 is 20.1 Å². The molecule has 0 radical (unpaired) electrons. The highest BCUT2D eigenvalue weighted by atomic mass is 19.1. The van der Waals surface area contributed by atoms with Gasteiger partial charge in [-0.1, -0.05) is 26.0 Å². The number of nitrogens with one attached hydrogen (secondary N) is 2. The third-order valence-corrected chi connectivity index (χ3v) is 3.92. The molecule has 0 saturated heterocycles. The smallest absolute Gasteiger partial charge is 0.258 e. The second kappa shape index (κ2) is 10.5. The molecule has 6 nitrogen and oxygen atoms in total. The van der Waals surface area contributed by atoms with Crippen molar-refractivity contribution in [2.75, 3.05) is 23.8 Å². The van der Waals surface area contributed by atoms with Crippen LogP contribution in [0.4, 0.5) is 15.8 Å². The SMILES string of the molecule is CCOc1cc(NC(=O)c2ccccc2F)c(OCC)cc1NC(=O)CC(C)C.